The number of anilines is 1. The Morgan fingerprint density at radius 2 is 1.61 bits per heavy atom. The van der Waals surface area contributed by atoms with E-state index in [-0.39, 0.29) is 0 Å². The molecule has 3 rings (SSSR count). The fourth-order valence-electron chi connectivity index (χ4n) is 2.27. The molecule has 0 atom stereocenters. The number of fused-ring (bicyclic) bond motifs is 1. The van der Waals surface area contributed by atoms with Gasteiger partial charge < -0.3 is 10.1 Å². The summed E-state index contributed by atoms with van der Waals surface area (Å²) in [6, 6.07) is 12.1. The first-order valence-electron chi connectivity index (χ1n) is 6.89. The number of hydrogen-bond acceptors (Lipinski definition) is 3. The van der Waals surface area contributed by atoms with Gasteiger partial charge >= 0.3 is 6.18 Å². The Balaban J connectivity index is 1.96. The minimum atomic E-state index is -4.36. The largest absolute Gasteiger partial charge is 0.438 e. The van der Waals surface area contributed by atoms with Gasteiger partial charge in [0.2, 0.25) is 5.88 Å². The third-order valence-corrected chi connectivity index (χ3v) is 3.42. The van der Waals surface area contributed by atoms with E-state index in [2.05, 4.69) is 10.3 Å². The minimum absolute atomic E-state index is 0.299. The first-order chi connectivity index (χ1) is 11.0. The number of hydrogen-bond donors (Lipinski definition) is 1. The molecule has 0 bridgehead atoms. The van der Waals surface area contributed by atoms with Crippen molar-refractivity contribution >= 4 is 16.5 Å². The summed E-state index contributed by atoms with van der Waals surface area (Å²) in [5, 5.41) is 4.74. The summed E-state index contributed by atoms with van der Waals surface area (Å²) in [5.41, 5.74) is 0.133. The number of benzene rings is 2. The highest BCUT2D eigenvalue weighted by Gasteiger charge is 2.30. The van der Waals surface area contributed by atoms with Gasteiger partial charge in [-0.1, -0.05) is 18.2 Å². The number of rotatable bonds is 3. The molecule has 1 aromatic heterocycles. The maximum atomic E-state index is 12.6. The summed E-state index contributed by atoms with van der Waals surface area (Å²) >= 11 is 0. The molecule has 0 fully saturated rings. The standard InChI is InChI=1S/C17H13F3N2O/c1-21-15-10-22-16(14-5-3-2-4-13(14)15)23-12-8-6-11(7-9-12)17(18,19)20/h2-10,21H,1H3. The van der Waals surface area contributed by atoms with E-state index in [1.54, 1.807) is 13.2 Å². The zero-order valence-corrected chi connectivity index (χ0v) is 12.2. The number of ether oxygens (including phenoxy) is 1. The lowest BCUT2D eigenvalue weighted by atomic mass is 10.1. The fraction of sp³-hybridized carbons (Fsp3) is 0.118. The van der Waals surface area contributed by atoms with E-state index in [9.17, 15) is 13.2 Å². The number of pyridine rings is 1. The van der Waals surface area contributed by atoms with Crippen LogP contribution in [-0.2, 0) is 6.18 Å². The molecular formula is C17H13F3N2O. The zero-order valence-electron chi connectivity index (χ0n) is 12.2. The average molecular weight is 318 g/mol. The van der Waals surface area contributed by atoms with Crippen LogP contribution in [0.3, 0.4) is 0 Å². The number of halogens is 3. The lowest BCUT2D eigenvalue weighted by Crippen LogP contribution is -2.04. The van der Waals surface area contributed by atoms with Gasteiger partial charge in [-0.05, 0) is 30.3 Å². The van der Waals surface area contributed by atoms with E-state index >= 15 is 0 Å². The van der Waals surface area contributed by atoms with Crippen molar-refractivity contribution in [2.75, 3.05) is 12.4 Å². The first kappa shape index (κ1) is 15.1. The van der Waals surface area contributed by atoms with Gasteiger partial charge in [0, 0.05) is 17.8 Å². The molecule has 6 heteroatoms. The van der Waals surface area contributed by atoms with Gasteiger partial charge in [-0.3, -0.25) is 0 Å². The van der Waals surface area contributed by atoms with Crippen molar-refractivity contribution in [1.29, 1.82) is 0 Å². The minimum Gasteiger partial charge on any atom is -0.438 e. The fourth-order valence-corrected chi connectivity index (χ4v) is 2.27. The summed E-state index contributed by atoms with van der Waals surface area (Å²) in [5.74, 6) is 0.646. The van der Waals surface area contributed by atoms with Crippen LogP contribution in [0.25, 0.3) is 10.8 Å². The molecule has 0 aliphatic rings. The molecule has 0 radical (unpaired) electrons. The molecule has 0 saturated heterocycles. The predicted octanol–water partition coefficient (Wildman–Crippen LogP) is 5.09. The van der Waals surface area contributed by atoms with E-state index < -0.39 is 11.7 Å². The van der Waals surface area contributed by atoms with Gasteiger partial charge in [-0.25, -0.2) is 4.98 Å². The highest BCUT2D eigenvalue weighted by molar-refractivity contribution is 5.96. The van der Waals surface area contributed by atoms with Gasteiger partial charge in [0.25, 0.3) is 0 Å². The molecular weight excluding hydrogens is 305 g/mol. The number of aromatic nitrogens is 1. The Kier molecular flexibility index (Phi) is 3.82. The third kappa shape index (κ3) is 3.06. The normalized spacial score (nSPS) is 11.5. The van der Waals surface area contributed by atoms with Crippen LogP contribution in [0.2, 0.25) is 0 Å². The van der Waals surface area contributed by atoms with E-state index in [4.69, 9.17) is 4.74 Å². The molecule has 1 heterocycles. The Morgan fingerprint density at radius 3 is 2.22 bits per heavy atom. The van der Waals surface area contributed by atoms with Gasteiger partial charge in [0.05, 0.1) is 17.4 Å². The second-order valence-electron chi connectivity index (χ2n) is 4.90. The van der Waals surface area contributed by atoms with Crippen molar-refractivity contribution < 1.29 is 17.9 Å². The lowest BCUT2D eigenvalue weighted by molar-refractivity contribution is -0.137. The monoisotopic (exact) mass is 318 g/mol. The number of alkyl halides is 3. The number of nitrogens with one attached hydrogen (secondary N) is 1. The van der Waals surface area contributed by atoms with Crippen LogP contribution in [0.15, 0.2) is 54.7 Å². The predicted molar refractivity (Wildman–Crippen MR) is 82.8 cm³/mol. The molecule has 2 aromatic carbocycles. The molecule has 0 saturated carbocycles. The van der Waals surface area contributed by atoms with E-state index in [1.807, 2.05) is 24.3 Å². The highest BCUT2D eigenvalue weighted by atomic mass is 19.4. The van der Waals surface area contributed by atoms with Crippen molar-refractivity contribution in [3.63, 3.8) is 0 Å². The molecule has 1 N–H and O–H groups in total. The average Bonchev–Trinajstić information content (AvgIpc) is 2.55. The molecule has 3 nitrogen and oxygen atoms in total. The second-order valence-corrected chi connectivity index (χ2v) is 4.90. The highest BCUT2D eigenvalue weighted by Crippen LogP contribution is 2.34. The van der Waals surface area contributed by atoms with Crippen molar-refractivity contribution in [2.24, 2.45) is 0 Å². The second kappa shape index (κ2) is 5.79. The summed E-state index contributed by atoms with van der Waals surface area (Å²) in [4.78, 5) is 4.24. The summed E-state index contributed by atoms with van der Waals surface area (Å²) < 4.78 is 43.4. The van der Waals surface area contributed by atoms with Crippen molar-refractivity contribution in [2.45, 2.75) is 6.18 Å². The molecule has 0 aliphatic carbocycles. The Labute approximate surface area is 130 Å². The van der Waals surface area contributed by atoms with Crippen LogP contribution in [0, 0.1) is 0 Å². The van der Waals surface area contributed by atoms with E-state index in [0.29, 0.717) is 11.6 Å². The SMILES string of the molecule is CNc1cnc(Oc2ccc(C(F)(F)F)cc2)c2ccccc12. The molecule has 0 amide bonds. The Bertz CT molecular complexity index is 829. The molecule has 0 spiro atoms. The molecule has 23 heavy (non-hydrogen) atoms. The quantitative estimate of drug-likeness (QED) is 0.730. The first-order valence-corrected chi connectivity index (χ1v) is 6.89. The molecule has 118 valence electrons. The van der Waals surface area contributed by atoms with Crippen molar-refractivity contribution in [3.8, 4) is 11.6 Å². The third-order valence-electron chi connectivity index (χ3n) is 3.42. The maximum absolute atomic E-state index is 12.6. The summed E-state index contributed by atoms with van der Waals surface area (Å²) in [6.45, 7) is 0. The van der Waals surface area contributed by atoms with Crippen molar-refractivity contribution in [1.82, 2.24) is 4.98 Å². The lowest BCUT2D eigenvalue weighted by Gasteiger charge is -2.12. The zero-order chi connectivity index (χ0) is 16.4. The Morgan fingerprint density at radius 1 is 0.957 bits per heavy atom. The van der Waals surface area contributed by atoms with Crippen LogP contribution in [0.1, 0.15) is 5.56 Å². The molecule has 3 aromatic rings. The topological polar surface area (TPSA) is 34.2 Å². The summed E-state index contributed by atoms with van der Waals surface area (Å²) in [7, 11) is 1.79. The van der Waals surface area contributed by atoms with Crippen LogP contribution in [-0.4, -0.2) is 12.0 Å². The van der Waals surface area contributed by atoms with Crippen LogP contribution >= 0.6 is 0 Å². The Hall–Kier alpha value is -2.76. The molecule has 0 aliphatic heterocycles. The van der Waals surface area contributed by atoms with Gasteiger partial charge in [0.1, 0.15) is 5.75 Å². The number of nitrogens with zero attached hydrogens (tertiary/aromatic N) is 1. The van der Waals surface area contributed by atoms with Gasteiger partial charge in [-0.2, -0.15) is 13.2 Å². The van der Waals surface area contributed by atoms with Crippen LogP contribution in [0.5, 0.6) is 11.6 Å². The van der Waals surface area contributed by atoms with E-state index in [0.717, 1.165) is 28.6 Å². The molecule has 0 unspecified atom stereocenters. The maximum Gasteiger partial charge on any atom is 0.416 e. The van der Waals surface area contributed by atoms with Crippen molar-refractivity contribution in [3.05, 3.63) is 60.3 Å². The van der Waals surface area contributed by atoms with Gasteiger partial charge in [-0.15, -0.1) is 0 Å². The summed E-state index contributed by atoms with van der Waals surface area (Å²) in [6.07, 6.45) is -2.74. The van der Waals surface area contributed by atoms with Gasteiger partial charge in [0.15, 0.2) is 0 Å². The van der Waals surface area contributed by atoms with Crippen LogP contribution in [0.4, 0.5) is 18.9 Å². The van der Waals surface area contributed by atoms with Crippen LogP contribution < -0.4 is 10.1 Å². The smallest absolute Gasteiger partial charge is 0.416 e. The van der Waals surface area contributed by atoms with E-state index in [1.165, 1.54) is 12.1 Å².